The van der Waals surface area contributed by atoms with Gasteiger partial charge in [-0.05, 0) is 36.8 Å². The molecule has 0 saturated carbocycles. The molecule has 1 amide bonds. The van der Waals surface area contributed by atoms with E-state index in [1.807, 2.05) is 28.4 Å². The molecule has 2 aliphatic heterocycles. The van der Waals surface area contributed by atoms with E-state index in [9.17, 15) is 4.79 Å². The Hall–Kier alpha value is -1.76. The molecule has 24 heavy (non-hydrogen) atoms. The number of hydrogen-bond acceptors (Lipinski definition) is 5. The molecule has 5 nitrogen and oxygen atoms in total. The van der Waals surface area contributed by atoms with Gasteiger partial charge >= 0.3 is 0 Å². The second-order valence-electron chi connectivity index (χ2n) is 6.50. The molecule has 4 heterocycles. The van der Waals surface area contributed by atoms with Gasteiger partial charge in [0, 0.05) is 48.3 Å². The number of hydrogen-bond donors (Lipinski definition) is 0. The van der Waals surface area contributed by atoms with Gasteiger partial charge < -0.3 is 9.64 Å². The summed E-state index contributed by atoms with van der Waals surface area (Å²) in [6.07, 6.45) is 3.67. The molecular formula is C18H21N3O2S. The number of ether oxygens (including phenoxy) is 1. The Bertz CT molecular complexity index is 718. The summed E-state index contributed by atoms with van der Waals surface area (Å²) in [5.41, 5.74) is 1.12. The van der Waals surface area contributed by atoms with Gasteiger partial charge in [-0.25, -0.2) is 0 Å². The summed E-state index contributed by atoms with van der Waals surface area (Å²) < 4.78 is 5.81. The zero-order chi connectivity index (χ0) is 16.5. The fourth-order valence-electron chi connectivity index (χ4n) is 3.55. The van der Waals surface area contributed by atoms with Crippen LogP contribution < -0.4 is 0 Å². The number of aryl methyl sites for hydroxylation is 1. The second-order valence-corrected chi connectivity index (χ2v) is 7.87. The minimum absolute atomic E-state index is 0.0851. The number of carbonyl (C=O) groups is 1. The third kappa shape index (κ3) is 3.22. The number of pyridine rings is 1. The SMILES string of the molecule is Cc1ccc(CN2C[C@@H]3[C@@H](C2)OCC(=O)N3Cc2ccncc2)s1. The summed E-state index contributed by atoms with van der Waals surface area (Å²) >= 11 is 1.84. The van der Waals surface area contributed by atoms with Crippen molar-refractivity contribution in [3.8, 4) is 0 Å². The maximum Gasteiger partial charge on any atom is 0.249 e. The first-order chi connectivity index (χ1) is 11.7. The fourth-order valence-corrected chi connectivity index (χ4v) is 4.48. The van der Waals surface area contributed by atoms with Crippen molar-refractivity contribution < 1.29 is 9.53 Å². The summed E-state index contributed by atoms with van der Waals surface area (Å²) in [5, 5.41) is 0. The van der Waals surface area contributed by atoms with Crippen molar-refractivity contribution in [1.82, 2.24) is 14.8 Å². The molecule has 2 saturated heterocycles. The molecular weight excluding hydrogens is 322 g/mol. The molecule has 0 N–H and O–H groups in total. The van der Waals surface area contributed by atoms with E-state index in [1.54, 1.807) is 12.4 Å². The van der Waals surface area contributed by atoms with E-state index in [1.165, 1.54) is 9.75 Å². The highest BCUT2D eigenvalue weighted by Gasteiger charge is 2.43. The molecule has 2 atom stereocenters. The van der Waals surface area contributed by atoms with Crippen LogP contribution in [0.25, 0.3) is 0 Å². The minimum Gasteiger partial charge on any atom is -0.365 e. The van der Waals surface area contributed by atoms with Crippen LogP contribution >= 0.6 is 11.3 Å². The van der Waals surface area contributed by atoms with E-state index in [0.717, 1.165) is 25.2 Å². The van der Waals surface area contributed by atoms with E-state index < -0.39 is 0 Å². The molecule has 0 radical (unpaired) electrons. The van der Waals surface area contributed by atoms with Gasteiger partial charge in [0.1, 0.15) is 6.61 Å². The molecule has 2 fully saturated rings. The highest BCUT2D eigenvalue weighted by molar-refractivity contribution is 7.11. The lowest BCUT2D eigenvalue weighted by Crippen LogP contribution is -2.53. The molecule has 0 aliphatic carbocycles. The van der Waals surface area contributed by atoms with E-state index in [-0.39, 0.29) is 24.7 Å². The topological polar surface area (TPSA) is 45.7 Å². The van der Waals surface area contributed by atoms with E-state index in [0.29, 0.717) is 6.54 Å². The monoisotopic (exact) mass is 343 g/mol. The maximum atomic E-state index is 12.4. The normalized spacial score (nSPS) is 24.4. The van der Waals surface area contributed by atoms with Crippen LogP contribution in [0.15, 0.2) is 36.7 Å². The van der Waals surface area contributed by atoms with Gasteiger partial charge in [0.25, 0.3) is 0 Å². The molecule has 0 unspecified atom stereocenters. The second kappa shape index (κ2) is 6.63. The Balaban J connectivity index is 1.46. The summed E-state index contributed by atoms with van der Waals surface area (Å²) in [7, 11) is 0. The van der Waals surface area contributed by atoms with Gasteiger partial charge in [-0.3, -0.25) is 14.7 Å². The number of morpholine rings is 1. The number of aromatic nitrogens is 1. The van der Waals surface area contributed by atoms with Crippen LogP contribution in [0.2, 0.25) is 0 Å². The molecule has 0 spiro atoms. The molecule has 2 aromatic heterocycles. The van der Waals surface area contributed by atoms with Gasteiger partial charge in [0.15, 0.2) is 0 Å². The summed E-state index contributed by atoms with van der Waals surface area (Å²) in [6, 6.07) is 8.44. The zero-order valence-corrected chi connectivity index (χ0v) is 14.5. The lowest BCUT2D eigenvalue weighted by molar-refractivity contribution is -0.153. The highest BCUT2D eigenvalue weighted by atomic mass is 32.1. The summed E-state index contributed by atoms with van der Waals surface area (Å²) in [5.74, 6) is 0.0851. The number of likely N-dealkylation sites (tertiary alicyclic amines) is 1. The van der Waals surface area contributed by atoms with Gasteiger partial charge in [0.05, 0.1) is 12.1 Å². The van der Waals surface area contributed by atoms with E-state index in [4.69, 9.17) is 4.74 Å². The van der Waals surface area contributed by atoms with Crippen molar-refractivity contribution in [2.75, 3.05) is 19.7 Å². The molecule has 2 aliphatic rings. The largest absolute Gasteiger partial charge is 0.365 e. The maximum absolute atomic E-state index is 12.4. The summed E-state index contributed by atoms with van der Waals surface area (Å²) in [6.45, 7) is 5.67. The Labute approximate surface area is 145 Å². The first kappa shape index (κ1) is 15.7. The van der Waals surface area contributed by atoms with Crippen molar-refractivity contribution >= 4 is 17.2 Å². The van der Waals surface area contributed by atoms with Crippen LogP contribution in [-0.2, 0) is 22.6 Å². The Morgan fingerprint density at radius 1 is 1.21 bits per heavy atom. The lowest BCUT2D eigenvalue weighted by Gasteiger charge is -2.36. The first-order valence-corrected chi connectivity index (χ1v) is 9.08. The fraction of sp³-hybridized carbons (Fsp3) is 0.444. The predicted molar refractivity (Wildman–Crippen MR) is 92.6 cm³/mol. The number of amides is 1. The van der Waals surface area contributed by atoms with Crippen LogP contribution in [0, 0.1) is 6.92 Å². The number of rotatable bonds is 4. The van der Waals surface area contributed by atoms with Crippen molar-refractivity contribution in [3.05, 3.63) is 52.0 Å². The Morgan fingerprint density at radius 2 is 2.04 bits per heavy atom. The highest BCUT2D eigenvalue weighted by Crippen LogP contribution is 2.27. The van der Waals surface area contributed by atoms with Crippen molar-refractivity contribution in [2.24, 2.45) is 0 Å². The Kier molecular flexibility index (Phi) is 4.35. The van der Waals surface area contributed by atoms with Crippen molar-refractivity contribution in [3.63, 3.8) is 0 Å². The summed E-state index contributed by atoms with van der Waals surface area (Å²) in [4.78, 5) is 23.5. The third-order valence-corrected chi connectivity index (χ3v) is 5.72. The molecule has 6 heteroatoms. The van der Waals surface area contributed by atoms with Crippen molar-refractivity contribution in [2.45, 2.75) is 32.2 Å². The number of nitrogens with zero attached hydrogens (tertiary/aromatic N) is 3. The minimum atomic E-state index is 0.0851. The number of carbonyl (C=O) groups excluding carboxylic acids is 1. The zero-order valence-electron chi connectivity index (χ0n) is 13.7. The quantitative estimate of drug-likeness (QED) is 0.852. The van der Waals surface area contributed by atoms with Gasteiger partial charge in [-0.2, -0.15) is 0 Å². The average Bonchev–Trinajstić information content (AvgIpc) is 3.17. The lowest BCUT2D eigenvalue weighted by atomic mass is 10.1. The van der Waals surface area contributed by atoms with Crippen LogP contribution in [0.1, 0.15) is 15.3 Å². The predicted octanol–water partition coefficient (Wildman–Crippen LogP) is 2.06. The van der Waals surface area contributed by atoms with Crippen LogP contribution in [0.4, 0.5) is 0 Å². The van der Waals surface area contributed by atoms with Crippen LogP contribution in [0.3, 0.4) is 0 Å². The standard InChI is InChI=1S/C18H21N3O2S/c1-13-2-3-15(24-13)9-20-10-16-17(11-20)23-12-18(22)21(16)8-14-4-6-19-7-5-14/h2-7,16-17H,8-12H2,1H3/t16-,17-/m1/s1. The van der Waals surface area contributed by atoms with Crippen molar-refractivity contribution in [1.29, 1.82) is 0 Å². The number of fused-ring (bicyclic) bond motifs is 1. The van der Waals surface area contributed by atoms with E-state index in [2.05, 4.69) is 28.9 Å². The molecule has 0 aromatic carbocycles. The van der Waals surface area contributed by atoms with Gasteiger partial charge in [0.2, 0.25) is 5.91 Å². The first-order valence-electron chi connectivity index (χ1n) is 8.27. The molecule has 126 valence electrons. The van der Waals surface area contributed by atoms with E-state index >= 15 is 0 Å². The molecule has 4 rings (SSSR count). The number of thiophene rings is 1. The van der Waals surface area contributed by atoms with Crippen LogP contribution in [-0.4, -0.2) is 52.5 Å². The molecule has 0 bridgehead atoms. The third-order valence-electron chi connectivity index (χ3n) is 4.73. The smallest absolute Gasteiger partial charge is 0.249 e. The average molecular weight is 343 g/mol. The van der Waals surface area contributed by atoms with Crippen LogP contribution in [0.5, 0.6) is 0 Å². The molecule has 2 aromatic rings. The van der Waals surface area contributed by atoms with Gasteiger partial charge in [-0.15, -0.1) is 11.3 Å². The Morgan fingerprint density at radius 3 is 2.79 bits per heavy atom. The van der Waals surface area contributed by atoms with Gasteiger partial charge in [-0.1, -0.05) is 0 Å².